The summed E-state index contributed by atoms with van der Waals surface area (Å²) >= 11 is 0. The van der Waals surface area contributed by atoms with E-state index in [-0.39, 0.29) is 12.4 Å². The van der Waals surface area contributed by atoms with E-state index in [1.54, 1.807) is 12.1 Å². The van der Waals surface area contributed by atoms with Crippen molar-refractivity contribution in [3.8, 4) is 5.75 Å². The average molecular weight is 375 g/mol. The number of aromatic nitrogens is 1. The van der Waals surface area contributed by atoms with Crippen LogP contribution in [-0.4, -0.2) is 28.0 Å². The third-order valence-corrected chi connectivity index (χ3v) is 4.23. The molecule has 3 rings (SSSR count). The molecule has 1 heterocycles. The fourth-order valence-electron chi connectivity index (χ4n) is 2.75. The number of ether oxygens (including phenoxy) is 1. The minimum Gasteiger partial charge on any atom is -0.482 e. The maximum absolute atomic E-state index is 12.7. The van der Waals surface area contributed by atoms with Crippen molar-refractivity contribution < 1.29 is 19.4 Å². The zero-order chi connectivity index (χ0) is 19.9. The van der Waals surface area contributed by atoms with E-state index in [1.807, 2.05) is 78.4 Å². The van der Waals surface area contributed by atoms with Gasteiger partial charge in [-0.25, -0.2) is 4.79 Å². The Kier molecular flexibility index (Phi) is 6.07. The Morgan fingerprint density at radius 3 is 2.43 bits per heavy atom. The number of aliphatic carboxylic acids is 1. The highest BCUT2D eigenvalue weighted by molar-refractivity contribution is 6.08. The molecule has 1 N–H and O–H groups in total. The number of ketones is 1. The van der Waals surface area contributed by atoms with Crippen LogP contribution in [0.3, 0.4) is 0 Å². The van der Waals surface area contributed by atoms with Crippen LogP contribution in [-0.2, 0) is 11.3 Å². The molecule has 3 aromatic rings. The zero-order valence-corrected chi connectivity index (χ0v) is 15.5. The topological polar surface area (TPSA) is 68.5 Å². The molecule has 5 heteroatoms. The van der Waals surface area contributed by atoms with Gasteiger partial charge in [0.15, 0.2) is 6.61 Å². The summed E-state index contributed by atoms with van der Waals surface area (Å²) in [5, 5.41) is 8.62. The quantitative estimate of drug-likeness (QED) is 0.599. The molecule has 0 aliphatic heterocycles. The average Bonchev–Trinajstić information content (AvgIpc) is 3.16. The van der Waals surface area contributed by atoms with Gasteiger partial charge in [0, 0.05) is 18.3 Å². The predicted molar refractivity (Wildman–Crippen MR) is 108 cm³/mol. The number of nitrogens with zero attached hydrogens (tertiary/aromatic N) is 1. The van der Waals surface area contributed by atoms with Crippen LogP contribution in [0.15, 0.2) is 72.9 Å². The second-order valence-corrected chi connectivity index (χ2v) is 6.39. The fraction of sp³-hybridized carbons (Fsp3) is 0.130. The molecule has 2 aromatic carbocycles. The Labute approximate surface area is 163 Å². The van der Waals surface area contributed by atoms with E-state index in [1.165, 1.54) is 0 Å². The van der Waals surface area contributed by atoms with Crippen molar-refractivity contribution in [2.75, 3.05) is 6.61 Å². The molecule has 1 aromatic heterocycles. The summed E-state index contributed by atoms with van der Waals surface area (Å²) in [4.78, 5) is 23.2. The molecule has 5 nitrogen and oxygen atoms in total. The number of hydrogen-bond acceptors (Lipinski definition) is 3. The van der Waals surface area contributed by atoms with Crippen molar-refractivity contribution in [2.24, 2.45) is 0 Å². The molecule has 0 spiro atoms. The van der Waals surface area contributed by atoms with E-state index in [2.05, 4.69) is 0 Å². The smallest absolute Gasteiger partial charge is 0.341 e. The molecule has 0 bridgehead atoms. The van der Waals surface area contributed by atoms with Crippen LogP contribution in [0.1, 0.15) is 27.2 Å². The summed E-state index contributed by atoms with van der Waals surface area (Å²) in [7, 11) is 0. The van der Waals surface area contributed by atoms with Crippen LogP contribution in [0.4, 0.5) is 0 Å². The van der Waals surface area contributed by atoms with E-state index in [9.17, 15) is 9.59 Å². The summed E-state index contributed by atoms with van der Waals surface area (Å²) in [6.07, 6.45) is 5.80. The molecule has 0 aliphatic rings. The largest absolute Gasteiger partial charge is 0.482 e. The highest BCUT2D eigenvalue weighted by Gasteiger charge is 2.12. The Hall–Kier alpha value is -3.60. The van der Waals surface area contributed by atoms with Crippen LogP contribution in [0.25, 0.3) is 6.08 Å². The first-order valence-corrected chi connectivity index (χ1v) is 8.90. The molecule has 0 fully saturated rings. The van der Waals surface area contributed by atoms with Crippen molar-refractivity contribution in [3.05, 3.63) is 95.3 Å². The lowest BCUT2D eigenvalue weighted by atomic mass is 10.1. The Balaban J connectivity index is 1.64. The SMILES string of the molecule is Cc1ccc(C(=O)c2cccn2C/C=C/c2ccc(OCC(=O)O)cc2)cc1. The monoisotopic (exact) mass is 375 g/mol. The maximum atomic E-state index is 12.7. The molecular formula is C23H21NO4. The summed E-state index contributed by atoms with van der Waals surface area (Å²) in [5.41, 5.74) is 3.40. The standard InChI is InChI=1S/C23H21NO4/c1-17-6-10-19(11-7-17)23(27)21-5-3-15-24(21)14-2-4-18-8-12-20(13-9-18)28-16-22(25)26/h2-13,15H,14,16H2,1H3,(H,25,26)/b4-2+. The summed E-state index contributed by atoms with van der Waals surface area (Å²) in [6.45, 7) is 2.20. The molecule has 142 valence electrons. The minimum absolute atomic E-state index is 0.00154. The van der Waals surface area contributed by atoms with Crippen molar-refractivity contribution >= 4 is 17.8 Å². The molecule has 0 saturated heterocycles. The molecule has 0 unspecified atom stereocenters. The predicted octanol–water partition coefficient (Wildman–Crippen LogP) is 4.20. The number of hydrogen-bond donors (Lipinski definition) is 1. The number of rotatable bonds is 8. The van der Waals surface area contributed by atoms with Crippen molar-refractivity contribution in [3.63, 3.8) is 0 Å². The summed E-state index contributed by atoms with van der Waals surface area (Å²) < 4.78 is 7.02. The van der Waals surface area contributed by atoms with E-state index in [0.29, 0.717) is 23.6 Å². The second kappa shape index (κ2) is 8.86. The van der Waals surface area contributed by atoms with Gasteiger partial charge in [-0.15, -0.1) is 0 Å². The van der Waals surface area contributed by atoms with Gasteiger partial charge < -0.3 is 14.4 Å². The molecule has 0 saturated carbocycles. The van der Waals surface area contributed by atoms with Crippen LogP contribution in [0.5, 0.6) is 5.75 Å². The van der Waals surface area contributed by atoms with Gasteiger partial charge >= 0.3 is 5.97 Å². The maximum Gasteiger partial charge on any atom is 0.341 e. The van der Waals surface area contributed by atoms with Gasteiger partial charge in [-0.05, 0) is 36.8 Å². The van der Waals surface area contributed by atoms with Gasteiger partial charge in [0.2, 0.25) is 5.78 Å². The lowest BCUT2D eigenvalue weighted by molar-refractivity contribution is -0.139. The third-order valence-electron chi connectivity index (χ3n) is 4.23. The Bertz CT molecular complexity index is 982. The first-order chi connectivity index (χ1) is 13.5. The third kappa shape index (κ3) is 4.98. The lowest BCUT2D eigenvalue weighted by Crippen LogP contribution is -2.09. The normalized spacial score (nSPS) is 10.9. The number of aryl methyl sites for hydroxylation is 1. The molecule has 0 amide bonds. The highest BCUT2D eigenvalue weighted by atomic mass is 16.5. The van der Waals surface area contributed by atoms with Crippen LogP contribution in [0, 0.1) is 6.92 Å². The highest BCUT2D eigenvalue weighted by Crippen LogP contribution is 2.15. The van der Waals surface area contributed by atoms with Crippen LogP contribution < -0.4 is 4.74 Å². The zero-order valence-electron chi connectivity index (χ0n) is 15.5. The number of carbonyl (C=O) groups is 2. The second-order valence-electron chi connectivity index (χ2n) is 6.39. The van der Waals surface area contributed by atoms with Gasteiger partial charge in [0.05, 0.1) is 5.69 Å². The first-order valence-electron chi connectivity index (χ1n) is 8.90. The fourth-order valence-corrected chi connectivity index (χ4v) is 2.75. The first kappa shape index (κ1) is 19.2. The van der Waals surface area contributed by atoms with Crippen molar-refractivity contribution in [1.29, 1.82) is 0 Å². The number of allylic oxidation sites excluding steroid dienone is 1. The van der Waals surface area contributed by atoms with E-state index in [4.69, 9.17) is 9.84 Å². The number of carboxylic acid groups (broad SMARTS) is 1. The Morgan fingerprint density at radius 1 is 1.04 bits per heavy atom. The van der Waals surface area contributed by atoms with Gasteiger partial charge in [0.1, 0.15) is 5.75 Å². The van der Waals surface area contributed by atoms with Crippen molar-refractivity contribution in [1.82, 2.24) is 4.57 Å². The van der Waals surface area contributed by atoms with Gasteiger partial charge in [-0.1, -0.05) is 54.1 Å². The van der Waals surface area contributed by atoms with Gasteiger partial charge in [-0.2, -0.15) is 0 Å². The molecule has 28 heavy (non-hydrogen) atoms. The van der Waals surface area contributed by atoms with Crippen molar-refractivity contribution in [2.45, 2.75) is 13.5 Å². The minimum atomic E-state index is -1.01. The number of carbonyl (C=O) groups excluding carboxylic acids is 1. The molecule has 0 radical (unpaired) electrons. The van der Waals surface area contributed by atoms with E-state index < -0.39 is 5.97 Å². The summed E-state index contributed by atoms with van der Waals surface area (Å²) in [5.74, 6) is -0.499. The molecule has 0 atom stereocenters. The number of carboxylic acids is 1. The van der Waals surface area contributed by atoms with Crippen LogP contribution in [0.2, 0.25) is 0 Å². The summed E-state index contributed by atoms with van der Waals surface area (Å²) in [6, 6.07) is 18.4. The molecular weight excluding hydrogens is 354 g/mol. The lowest BCUT2D eigenvalue weighted by Gasteiger charge is -2.07. The van der Waals surface area contributed by atoms with E-state index in [0.717, 1.165) is 11.1 Å². The molecule has 0 aliphatic carbocycles. The van der Waals surface area contributed by atoms with Crippen LogP contribution >= 0.6 is 0 Å². The van der Waals surface area contributed by atoms with Gasteiger partial charge in [0.25, 0.3) is 0 Å². The number of benzene rings is 2. The van der Waals surface area contributed by atoms with E-state index >= 15 is 0 Å². The van der Waals surface area contributed by atoms with Gasteiger partial charge in [-0.3, -0.25) is 4.79 Å². The Morgan fingerprint density at radius 2 is 1.75 bits per heavy atom.